The number of nitrogens with two attached hydrogens (primary N) is 1. The summed E-state index contributed by atoms with van der Waals surface area (Å²) >= 11 is 5.61. The van der Waals surface area contributed by atoms with Crippen molar-refractivity contribution in [3.8, 4) is 0 Å². The standard InChI is InChI=1S/C8H9ClF2N2O/c9-7-6(3-14)4(1-12)5(2-13-7)8(10)11/h2,8,14H,1,3,12H2. The Morgan fingerprint density at radius 3 is 2.57 bits per heavy atom. The number of nitrogens with zero attached hydrogens (tertiary/aromatic N) is 1. The van der Waals surface area contributed by atoms with E-state index in [4.69, 9.17) is 22.4 Å². The number of aliphatic hydroxyl groups excluding tert-OH is 1. The summed E-state index contributed by atoms with van der Waals surface area (Å²) in [4.78, 5) is 3.55. The van der Waals surface area contributed by atoms with Crippen LogP contribution in [-0.4, -0.2) is 10.1 Å². The summed E-state index contributed by atoms with van der Waals surface area (Å²) in [5.74, 6) is 0. The van der Waals surface area contributed by atoms with Gasteiger partial charge in [-0.1, -0.05) is 11.6 Å². The number of aliphatic hydroxyl groups is 1. The molecule has 1 heterocycles. The van der Waals surface area contributed by atoms with Crippen molar-refractivity contribution in [1.82, 2.24) is 4.98 Å². The molecule has 0 aliphatic carbocycles. The van der Waals surface area contributed by atoms with Gasteiger partial charge in [0.1, 0.15) is 5.15 Å². The fraction of sp³-hybridized carbons (Fsp3) is 0.375. The number of aromatic nitrogens is 1. The van der Waals surface area contributed by atoms with E-state index in [0.717, 1.165) is 6.20 Å². The molecular weight excluding hydrogens is 214 g/mol. The van der Waals surface area contributed by atoms with E-state index in [1.807, 2.05) is 0 Å². The number of pyridine rings is 1. The molecule has 0 saturated carbocycles. The molecule has 6 heteroatoms. The molecular formula is C8H9ClF2N2O. The van der Waals surface area contributed by atoms with Gasteiger partial charge in [0.05, 0.1) is 6.61 Å². The lowest BCUT2D eigenvalue weighted by molar-refractivity contribution is 0.149. The van der Waals surface area contributed by atoms with Crippen molar-refractivity contribution in [1.29, 1.82) is 0 Å². The topological polar surface area (TPSA) is 59.1 Å². The van der Waals surface area contributed by atoms with Crippen LogP contribution in [0.25, 0.3) is 0 Å². The van der Waals surface area contributed by atoms with Crippen molar-refractivity contribution < 1.29 is 13.9 Å². The molecule has 0 aliphatic rings. The Hall–Kier alpha value is -0.780. The molecule has 0 fully saturated rings. The SMILES string of the molecule is NCc1c(C(F)F)cnc(Cl)c1CO. The van der Waals surface area contributed by atoms with Gasteiger partial charge >= 0.3 is 0 Å². The number of alkyl halides is 2. The van der Waals surface area contributed by atoms with Gasteiger partial charge in [-0.3, -0.25) is 0 Å². The van der Waals surface area contributed by atoms with E-state index in [-0.39, 0.29) is 28.4 Å². The summed E-state index contributed by atoms with van der Waals surface area (Å²) in [6.45, 7) is -0.545. The van der Waals surface area contributed by atoms with Crippen LogP contribution in [0.4, 0.5) is 8.78 Å². The van der Waals surface area contributed by atoms with Crippen molar-refractivity contribution >= 4 is 11.6 Å². The molecule has 0 bridgehead atoms. The number of hydrogen-bond donors (Lipinski definition) is 2. The maximum atomic E-state index is 12.4. The minimum atomic E-state index is -2.66. The van der Waals surface area contributed by atoms with E-state index in [0.29, 0.717) is 0 Å². The predicted octanol–water partition coefficient (Wildman–Crippen LogP) is 1.62. The lowest BCUT2D eigenvalue weighted by Gasteiger charge is -2.11. The summed E-state index contributed by atoms with van der Waals surface area (Å²) in [7, 11) is 0. The van der Waals surface area contributed by atoms with Crippen LogP contribution in [-0.2, 0) is 13.2 Å². The van der Waals surface area contributed by atoms with Gasteiger partial charge in [0.2, 0.25) is 0 Å². The van der Waals surface area contributed by atoms with E-state index < -0.39 is 13.0 Å². The number of rotatable bonds is 3. The normalized spacial score (nSPS) is 11.0. The first kappa shape index (κ1) is 11.3. The third-order valence-corrected chi connectivity index (χ3v) is 2.20. The van der Waals surface area contributed by atoms with Crippen LogP contribution in [0.15, 0.2) is 6.20 Å². The summed E-state index contributed by atoms with van der Waals surface area (Å²) in [6.07, 6.45) is -1.68. The quantitative estimate of drug-likeness (QED) is 0.765. The summed E-state index contributed by atoms with van der Waals surface area (Å²) < 4.78 is 24.9. The third-order valence-electron chi connectivity index (χ3n) is 1.88. The molecule has 3 N–H and O–H groups in total. The second-order valence-electron chi connectivity index (χ2n) is 2.62. The van der Waals surface area contributed by atoms with Gasteiger partial charge in [-0.25, -0.2) is 13.8 Å². The van der Waals surface area contributed by atoms with Gasteiger partial charge in [-0.15, -0.1) is 0 Å². The van der Waals surface area contributed by atoms with E-state index in [2.05, 4.69) is 4.98 Å². The highest BCUT2D eigenvalue weighted by molar-refractivity contribution is 6.30. The Balaban J connectivity index is 3.33. The van der Waals surface area contributed by atoms with Crippen molar-refractivity contribution in [2.75, 3.05) is 0 Å². The van der Waals surface area contributed by atoms with Gasteiger partial charge in [0.15, 0.2) is 0 Å². The first-order chi connectivity index (χ1) is 6.61. The Kier molecular flexibility index (Phi) is 3.74. The van der Waals surface area contributed by atoms with Crippen LogP contribution < -0.4 is 5.73 Å². The fourth-order valence-corrected chi connectivity index (χ4v) is 1.39. The van der Waals surface area contributed by atoms with E-state index in [1.54, 1.807) is 0 Å². The zero-order valence-corrected chi connectivity index (χ0v) is 7.93. The first-order valence-corrected chi connectivity index (χ1v) is 4.24. The molecule has 0 spiro atoms. The highest BCUT2D eigenvalue weighted by Gasteiger charge is 2.17. The molecule has 0 aromatic carbocycles. The average Bonchev–Trinajstić information content (AvgIpc) is 2.16. The molecule has 0 aliphatic heterocycles. The first-order valence-electron chi connectivity index (χ1n) is 3.87. The summed E-state index contributed by atoms with van der Waals surface area (Å²) in [5.41, 5.74) is 5.37. The van der Waals surface area contributed by atoms with Crippen LogP contribution in [0, 0.1) is 0 Å². The monoisotopic (exact) mass is 222 g/mol. The third kappa shape index (κ3) is 2.00. The van der Waals surface area contributed by atoms with Gasteiger partial charge < -0.3 is 10.8 Å². The van der Waals surface area contributed by atoms with Crippen molar-refractivity contribution in [2.24, 2.45) is 5.73 Å². The summed E-state index contributed by atoms with van der Waals surface area (Å²) in [6, 6.07) is 0. The van der Waals surface area contributed by atoms with Crippen molar-refractivity contribution in [2.45, 2.75) is 19.6 Å². The Bertz CT molecular complexity index is 333. The summed E-state index contributed by atoms with van der Waals surface area (Å²) in [5, 5.41) is 8.92. The Labute approximate surface area is 84.5 Å². The van der Waals surface area contributed by atoms with Gasteiger partial charge in [0.25, 0.3) is 6.43 Å². The molecule has 78 valence electrons. The van der Waals surface area contributed by atoms with Gasteiger partial charge in [-0.05, 0) is 5.56 Å². The number of halogens is 3. The predicted molar refractivity (Wildman–Crippen MR) is 48.0 cm³/mol. The lowest BCUT2D eigenvalue weighted by Crippen LogP contribution is -2.08. The highest BCUT2D eigenvalue weighted by Crippen LogP contribution is 2.27. The fourth-order valence-electron chi connectivity index (χ4n) is 1.17. The van der Waals surface area contributed by atoms with Crippen LogP contribution in [0.1, 0.15) is 23.1 Å². The van der Waals surface area contributed by atoms with Crippen LogP contribution in [0.5, 0.6) is 0 Å². The van der Waals surface area contributed by atoms with Crippen LogP contribution in [0.3, 0.4) is 0 Å². The van der Waals surface area contributed by atoms with E-state index in [1.165, 1.54) is 0 Å². The van der Waals surface area contributed by atoms with E-state index in [9.17, 15) is 8.78 Å². The molecule has 0 saturated heterocycles. The van der Waals surface area contributed by atoms with Gasteiger partial charge in [0, 0.05) is 23.9 Å². The zero-order valence-electron chi connectivity index (χ0n) is 7.17. The molecule has 0 amide bonds. The minimum Gasteiger partial charge on any atom is -0.392 e. The molecule has 0 radical (unpaired) electrons. The van der Waals surface area contributed by atoms with Crippen molar-refractivity contribution in [3.63, 3.8) is 0 Å². The zero-order chi connectivity index (χ0) is 10.7. The largest absolute Gasteiger partial charge is 0.392 e. The smallest absolute Gasteiger partial charge is 0.265 e. The molecule has 0 unspecified atom stereocenters. The number of hydrogen-bond acceptors (Lipinski definition) is 3. The molecule has 1 aromatic rings. The van der Waals surface area contributed by atoms with Crippen LogP contribution in [0.2, 0.25) is 5.15 Å². The Morgan fingerprint density at radius 1 is 1.50 bits per heavy atom. The molecule has 1 aromatic heterocycles. The molecule has 14 heavy (non-hydrogen) atoms. The van der Waals surface area contributed by atoms with Gasteiger partial charge in [-0.2, -0.15) is 0 Å². The van der Waals surface area contributed by atoms with Crippen LogP contribution >= 0.6 is 11.6 Å². The highest BCUT2D eigenvalue weighted by atomic mass is 35.5. The minimum absolute atomic E-state index is 0.0114. The average molecular weight is 223 g/mol. The maximum Gasteiger partial charge on any atom is 0.265 e. The molecule has 1 rings (SSSR count). The van der Waals surface area contributed by atoms with Crippen molar-refractivity contribution in [3.05, 3.63) is 28.0 Å². The molecule has 3 nitrogen and oxygen atoms in total. The van der Waals surface area contributed by atoms with E-state index >= 15 is 0 Å². The Morgan fingerprint density at radius 2 is 2.14 bits per heavy atom. The maximum absolute atomic E-state index is 12.4. The lowest BCUT2D eigenvalue weighted by atomic mass is 10.1. The molecule has 0 atom stereocenters. The second kappa shape index (κ2) is 4.63. The second-order valence-corrected chi connectivity index (χ2v) is 2.98.